The van der Waals surface area contributed by atoms with E-state index in [0.29, 0.717) is 12.3 Å². The summed E-state index contributed by atoms with van der Waals surface area (Å²) in [5.74, 6) is 1.40. The van der Waals surface area contributed by atoms with Gasteiger partial charge in [0.25, 0.3) is 0 Å². The Bertz CT molecular complexity index is 309. The maximum atomic E-state index is 11.7. The Kier molecular flexibility index (Phi) is 3.82. The van der Waals surface area contributed by atoms with Gasteiger partial charge in [-0.05, 0) is 31.2 Å². The van der Waals surface area contributed by atoms with E-state index in [2.05, 4.69) is 12.2 Å². The third kappa shape index (κ3) is 2.86. The molecule has 2 aliphatic rings. The van der Waals surface area contributed by atoms with Crippen molar-refractivity contribution in [2.24, 2.45) is 11.8 Å². The first-order valence-electron chi connectivity index (χ1n) is 6.61. The Labute approximate surface area is 103 Å². The summed E-state index contributed by atoms with van der Waals surface area (Å²) in [7, 11) is 1.56. The summed E-state index contributed by atoms with van der Waals surface area (Å²) in [4.78, 5) is 24.3. The first-order valence-corrected chi connectivity index (χ1v) is 6.61. The van der Waals surface area contributed by atoms with Crippen molar-refractivity contribution in [1.29, 1.82) is 0 Å². The summed E-state index contributed by atoms with van der Waals surface area (Å²) in [6, 6.07) is -0.271. The molecule has 0 bridgehead atoms. The molecule has 1 saturated carbocycles. The van der Waals surface area contributed by atoms with Crippen molar-refractivity contribution in [2.45, 2.75) is 45.1 Å². The summed E-state index contributed by atoms with van der Waals surface area (Å²) < 4.78 is 0. The van der Waals surface area contributed by atoms with Crippen molar-refractivity contribution >= 4 is 11.8 Å². The van der Waals surface area contributed by atoms with Gasteiger partial charge >= 0.3 is 0 Å². The molecule has 1 heterocycles. The van der Waals surface area contributed by atoms with E-state index in [1.165, 1.54) is 30.6 Å². The van der Waals surface area contributed by atoms with Crippen LogP contribution in [0.1, 0.15) is 39.0 Å². The zero-order valence-corrected chi connectivity index (χ0v) is 10.7. The van der Waals surface area contributed by atoms with Crippen LogP contribution in [0.25, 0.3) is 0 Å². The number of nitrogens with one attached hydrogen (secondary N) is 1. The molecule has 1 unspecified atom stereocenters. The minimum atomic E-state index is -0.271. The van der Waals surface area contributed by atoms with Crippen LogP contribution < -0.4 is 5.32 Å². The predicted octanol–water partition coefficient (Wildman–Crippen LogP) is 1.16. The summed E-state index contributed by atoms with van der Waals surface area (Å²) >= 11 is 0. The average molecular weight is 238 g/mol. The second-order valence-electron chi connectivity index (χ2n) is 5.58. The molecule has 1 atom stereocenters. The fourth-order valence-corrected chi connectivity index (χ4v) is 2.76. The second kappa shape index (κ2) is 5.17. The van der Waals surface area contributed by atoms with Crippen LogP contribution in [0.2, 0.25) is 0 Å². The van der Waals surface area contributed by atoms with Crippen molar-refractivity contribution in [3.05, 3.63) is 0 Å². The lowest BCUT2D eigenvalue weighted by atomic mass is 9.83. The summed E-state index contributed by atoms with van der Waals surface area (Å²) in [5, 5.41) is 3.26. The zero-order valence-electron chi connectivity index (χ0n) is 10.7. The van der Waals surface area contributed by atoms with E-state index < -0.39 is 0 Å². The number of rotatable bonds is 3. The summed E-state index contributed by atoms with van der Waals surface area (Å²) in [6.45, 7) is 3.18. The number of amides is 2. The first kappa shape index (κ1) is 12.6. The third-order valence-corrected chi connectivity index (χ3v) is 4.17. The molecule has 2 rings (SSSR count). The quantitative estimate of drug-likeness (QED) is 0.751. The average Bonchev–Trinajstić information content (AvgIpc) is 2.56. The molecule has 4 nitrogen and oxygen atoms in total. The SMILES string of the molecule is CC1CCC(CNC2CC(=O)N(C)C2=O)CC1. The number of carbonyl (C=O) groups is 2. The Morgan fingerprint density at radius 2 is 1.88 bits per heavy atom. The highest BCUT2D eigenvalue weighted by Gasteiger charge is 2.35. The molecule has 2 amide bonds. The van der Waals surface area contributed by atoms with Gasteiger partial charge < -0.3 is 5.32 Å². The van der Waals surface area contributed by atoms with Gasteiger partial charge in [-0.25, -0.2) is 0 Å². The molecule has 0 aromatic rings. The van der Waals surface area contributed by atoms with E-state index in [4.69, 9.17) is 0 Å². The van der Waals surface area contributed by atoms with E-state index in [1.807, 2.05) is 0 Å². The minimum absolute atomic E-state index is 0.0650. The molecule has 1 aliphatic carbocycles. The van der Waals surface area contributed by atoms with E-state index in [9.17, 15) is 9.59 Å². The Morgan fingerprint density at radius 3 is 2.41 bits per heavy atom. The lowest BCUT2D eigenvalue weighted by Crippen LogP contribution is -2.40. The Morgan fingerprint density at radius 1 is 1.24 bits per heavy atom. The van der Waals surface area contributed by atoms with Gasteiger partial charge in [-0.1, -0.05) is 19.8 Å². The van der Waals surface area contributed by atoms with Crippen molar-refractivity contribution in [1.82, 2.24) is 10.2 Å². The first-order chi connectivity index (χ1) is 8.08. The number of hydrogen-bond donors (Lipinski definition) is 1. The third-order valence-electron chi connectivity index (χ3n) is 4.17. The van der Waals surface area contributed by atoms with Crippen LogP contribution >= 0.6 is 0 Å². The number of nitrogens with zero attached hydrogens (tertiary/aromatic N) is 1. The van der Waals surface area contributed by atoms with Gasteiger partial charge in [0.2, 0.25) is 11.8 Å². The lowest BCUT2D eigenvalue weighted by molar-refractivity contribution is -0.137. The van der Waals surface area contributed by atoms with E-state index in [-0.39, 0.29) is 17.9 Å². The molecule has 0 aromatic carbocycles. The molecule has 2 fully saturated rings. The van der Waals surface area contributed by atoms with E-state index in [1.54, 1.807) is 7.05 Å². The Hall–Kier alpha value is -0.900. The number of imide groups is 1. The minimum Gasteiger partial charge on any atom is -0.305 e. The topological polar surface area (TPSA) is 49.4 Å². The van der Waals surface area contributed by atoms with Crippen molar-refractivity contribution in [3.63, 3.8) is 0 Å². The summed E-state index contributed by atoms with van der Waals surface area (Å²) in [6.07, 6.45) is 5.42. The van der Waals surface area contributed by atoms with Crippen LogP contribution in [-0.2, 0) is 9.59 Å². The highest BCUT2D eigenvalue weighted by Crippen LogP contribution is 2.28. The maximum absolute atomic E-state index is 11.7. The van der Waals surface area contributed by atoms with Gasteiger partial charge in [-0.2, -0.15) is 0 Å². The molecule has 17 heavy (non-hydrogen) atoms. The maximum Gasteiger partial charge on any atom is 0.246 e. The number of likely N-dealkylation sites (tertiary alicyclic amines) is 1. The molecule has 1 N–H and O–H groups in total. The molecular formula is C13H22N2O2. The van der Waals surface area contributed by atoms with Crippen LogP contribution in [-0.4, -0.2) is 36.3 Å². The fourth-order valence-electron chi connectivity index (χ4n) is 2.76. The molecule has 0 radical (unpaired) electrons. The van der Waals surface area contributed by atoms with Gasteiger partial charge in [0.1, 0.15) is 0 Å². The number of carbonyl (C=O) groups excluding carboxylic acids is 2. The highest BCUT2D eigenvalue weighted by molar-refractivity contribution is 6.05. The van der Waals surface area contributed by atoms with Crippen molar-refractivity contribution in [2.75, 3.05) is 13.6 Å². The van der Waals surface area contributed by atoms with Crippen LogP contribution in [0, 0.1) is 11.8 Å². The predicted molar refractivity (Wildman–Crippen MR) is 65.3 cm³/mol. The van der Waals surface area contributed by atoms with Crippen molar-refractivity contribution < 1.29 is 9.59 Å². The van der Waals surface area contributed by atoms with Gasteiger partial charge in [-0.15, -0.1) is 0 Å². The second-order valence-corrected chi connectivity index (χ2v) is 5.58. The smallest absolute Gasteiger partial charge is 0.246 e. The molecule has 4 heteroatoms. The van der Waals surface area contributed by atoms with Crippen LogP contribution in [0.3, 0.4) is 0 Å². The number of likely N-dealkylation sites (N-methyl/N-ethyl adjacent to an activating group) is 1. The normalized spacial score (nSPS) is 34.5. The van der Waals surface area contributed by atoms with Crippen LogP contribution in [0.5, 0.6) is 0 Å². The lowest BCUT2D eigenvalue weighted by Gasteiger charge is -2.27. The Balaban J connectivity index is 1.75. The van der Waals surface area contributed by atoms with Gasteiger partial charge in [0.05, 0.1) is 12.5 Å². The molecule has 1 aliphatic heterocycles. The van der Waals surface area contributed by atoms with Crippen molar-refractivity contribution in [3.8, 4) is 0 Å². The van der Waals surface area contributed by atoms with E-state index in [0.717, 1.165) is 12.5 Å². The molecular weight excluding hydrogens is 216 g/mol. The van der Waals surface area contributed by atoms with Gasteiger partial charge in [-0.3, -0.25) is 14.5 Å². The molecule has 96 valence electrons. The largest absolute Gasteiger partial charge is 0.305 e. The zero-order chi connectivity index (χ0) is 12.4. The monoisotopic (exact) mass is 238 g/mol. The van der Waals surface area contributed by atoms with Gasteiger partial charge in [0.15, 0.2) is 0 Å². The highest BCUT2D eigenvalue weighted by atomic mass is 16.2. The number of hydrogen-bond acceptors (Lipinski definition) is 3. The standard InChI is InChI=1S/C13H22N2O2/c1-9-3-5-10(6-4-9)8-14-11-7-12(16)15(2)13(11)17/h9-11,14H,3-8H2,1-2H3. The van der Waals surface area contributed by atoms with Gasteiger partial charge in [0, 0.05) is 7.05 Å². The van der Waals surface area contributed by atoms with Crippen LogP contribution in [0.15, 0.2) is 0 Å². The fraction of sp³-hybridized carbons (Fsp3) is 0.846. The molecule has 0 aromatic heterocycles. The molecule has 1 saturated heterocycles. The van der Waals surface area contributed by atoms with E-state index >= 15 is 0 Å². The molecule has 0 spiro atoms. The van der Waals surface area contributed by atoms with Crippen LogP contribution in [0.4, 0.5) is 0 Å². The summed E-state index contributed by atoms with van der Waals surface area (Å²) in [5.41, 5.74) is 0.